The Balaban J connectivity index is 1.90. The second-order valence-electron chi connectivity index (χ2n) is 3.98. The number of halogens is 3. The van der Waals surface area contributed by atoms with Crippen molar-refractivity contribution in [1.82, 2.24) is 15.3 Å². The molecule has 1 aromatic carbocycles. The lowest BCUT2D eigenvalue weighted by Crippen LogP contribution is -2.26. The highest BCUT2D eigenvalue weighted by Crippen LogP contribution is 2.13. The van der Waals surface area contributed by atoms with Crippen molar-refractivity contribution in [2.75, 3.05) is 6.54 Å². The third-order valence-electron chi connectivity index (χ3n) is 2.57. The molecule has 0 fully saturated rings. The summed E-state index contributed by atoms with van der Waals surface area (Å²) in [4.78, 5) is 19.2. The van der Waals surface area contributed by atoms with E-state index in [-0.39, 0.29) is 27.7 Å². The maximum Gasteiger partial charge on any atom is 0.256 e. The second kappa shape index (κ2) is 6.63. The summed E-state index contributed by atoms with van der Waals surface area (Å²) >= 11 is 11.3. The van der Waals surface area contributed by atoms with Gasteiger partial charge in [0, 0.05) is 12.7 Å². The van der Waals surface area contributed by atoms with E-state index in [0.29, 0.717) is 13.0 Å². The molecule has 0 aliphatic carbocycles. The molecular formula is C13H10Cl2FN3O. The molecule has 7 heteroatoms. The molecule has 0 saturated heterocycles. The molecule has 1 aromatic heterocycles. The first-order valence-corrected chi connectivity index (χ1v) is 6.52. The van der Waals surface area contributed by atoms with Crippen molar-refractivity contribution >= 4 is 29.1 Å². The summed E-state index contributed by atoms with van der Waals surface area (Å²) in [5.41, 5.74) is 1.08. The van der Waals surface area contributed by atoms with Crippen LogP contribution >= 0.6 is 23.2 Å². The lowest BCUT2D eigenvalue weighted by atomic mass is 10.1. The number of hydrogen-bond donors (Lipinski definition) is 1. The molecule has 104 valence electrons. The zero-order chi connectivity index (χ0) is 14.5. The molecule has 0 atom stereocenters. The molecule has 1 amide bonds. The van der Waals surface area contributed by atoms with Gasteiger partial charge in [0.15, 0.2) is 0 Å². The molecule has 20 heavy (non-hydrogen) atoms. The molecule has 0 saturated carbocycles. The number of benzene rings is 1. The Morgan fingerprint density at radius 1 is 1.25 bits per heavy atom. The second-order valence-corrected chi connectivity index (χ2v) is 4.67. The maximum atomic E-state index is 12.7. The van der Waals surface area contributed by atoms with E-state index < -0.39 is 0 Å². The molecule has 0 radical (unpaired) electrons. The van der Waals surface area contributed by atoms with Crippen LogP contribution in [0.2, 0.25) is 10.4 Å². The Morgan fingerprint density at radius 3 is 2.60 bits per heavy atom. The van der Waals surface area contributed by atoms with Crippen LogP contribution in [0.3, 0.4) is 0 Å². The molecule has 0 aliphatic rings. The number of carbonyl (C=O) groups excluding carboxylic acids is 1. The van der Waals surface area contributed by atoms with Gasteiger partial charge in [0.1, 0.15) is 11.0 Å². The van der Waals surface area contributed by atoms with Gasteiger partial charge in [-0.05, 0) is 35.7 Å². The average Bonchev–Trinajstić information content (AvgIpc) is 2.41. The van der Waals surface area contributed by atoms with E-state index in [4.69, 9.17) is 23.2 Å². The average molecular weight is 314 g/mol. The minimum absolute atomic E-state index is 0.00396. The van der Waals surface area contributed by atoms with Gasteiger partial charge < -0.3 is 5.32 Å². The zero-order valence-corrected chi connectivity index (χ0v) is 11.7. The van der Waals surface area contributed by atoms with E-state index in [1.54, 1.807) is 12.1 Å². The van der Waals surface area contributed by atoms with Gasteiger partial charge in [0.05, 0.1) is 5.56 Å². The molecule has 0 spiro atoms. The summed E-state index contributed by atoms with van der Waals surface area (Å²) in [6.07, 6.45) is 1.85. The first-order valence-electron chi connectivity index (χ1n) is 5.77. The summed E-state index contributed by atoms with van der Waals surface area (Å²) in [6, 6.07) is 6.09. The predicted molar refractivity (Wildman–Crippen MR) is 74.5 cm³/mol. The minimum Gasteiger partial charge on any atom is -0.352 e. The lowest BCUT2D eigenvalue weighted by Gasteiger charge is -2.06. The fourth-order valence-electron chi connectivity index (χ4n) is 1.56. The summed E-state index contributed by atoms with van der Waals surface area (Å²) in [6.45, 7) is 0.392. The maximum absolute atomic E-state index is 12.7. The van der Waals surface area contributed by atoms with Crippen molar-refractivity contribution in [3.05, 3.63) is 57.8 Å². The Hall–Kier alpha value is -1.72. The Labute approximate surface area is 125 Å². The van der Waals surface area contributed by atoms with Crippen LogP contribution in [0.25, 0.3) is 0 Å². The number of aromatic nitrogens is 2. The third kappa shape index (κ3) is 3.88. The van der Waals surface area contributed by atoms with Gasteiger partial charge in [-0.25, -0.2) is 14.4 Å². The van der Waals surface area contributed by atoms with Crippen molar-refractivity contribution in [3.63, 3.8) is 0 Å². The van der Waals surface area contributed by atoms with Gasteiger partial charge in [0.2, 0.25) is 5.28 Å². The number of rotatable bonds is 4. The van der Waals surface area contributed by atoms with Crippen LogP contribution in [0.5, 0.6) is 0 Å². The van der Waals surface area contributed by atoms with Gasteiger partial charge in [0.25, 0.3) is 5.91 Å². The molecule has 0 unspecified atom stereocenters. The molecule has 0 bridgehead atoms. The fraction of sp³-hybridized carbons (Fsp3) is 0.154. The van der Waals surface area contributed by atoms with Gasteiger partial charge in [-0.15, -0.1) is 0 Å². The van der Waals surface area contributed by atoms with Crippen LogP contribution in [-0.4, -0.2) is 22.4 Å². The first-order chi connectivity index (χ1) is 9.56. The van der Waals surface area contributed by atoms with Crippen LogP contribution in [0.15, 0.2) is 30.5 Å². The summed E-state index contributed by atoms with van der Waals surface area (Å²) in [7, 11) is 0. The van der Waals surface area contributed by atoms with Crippen molar-refractivity contribution < 1.29 is 9.18 Å². The van der Waals surface area contributed by atoms with Crippen LogP contribution < -0.4 is 5.32 Å². The molecule has 1 heterocycles. The summed E-state index contributed by atoms with van der Waals surface area (Å²) < 4.78 is 12.7. The molecule has 4 nitrogen and oxygen atoms in total. The number of hydrogen-bond acceptors (Lipinski definition) is 3. The Morgan fingerprint density at radius 2 is 1.95 bits per heavy atom. The van der Waals surface area contributed by atoms with Crippen molar-refractivity contribution in [1.29, 1.82) is 0 Å². The largest absolute Gasteiger partial charge is 0.352 e. The highest BCUT2D eigenvalue weighted by atomic mass is 35.5. The highest BCUT2D eigenvalue weighted by molar-refractivity contribution is 6.34. The van der Waals surface area contributed by atoms with Crippen molar-refractivity contribution in [3.8, 4) is 0 Å². The quantitative estimate of drug-likeness (QED) is 0.697. The molecule has 1 N–H and O–H groups in total. The van der Waals surface area contributed by atoms with E-state index in [0.717, 1.165) is 5.56 Å². The minimum atomic E-state index is -0.381. The third-order valence-corrected chi connectivity index (χ3v) is 3.04. The van der Waals surface area contributed by atoms with E-state index in [1.165, 1.54) is 18.3 Å². The molecule has 2 rings (SSSR count). The van der Waals surface area contributed by atoms with E-state index in [2.05, 4.69) is 15.3 Å². The predicted octanol–water partition coefficient (Wildman–Crippen LogP) is 2.90. The van der Waals surface area contributed by atoms with Crippen LogP contribution in [0.1, 0.15) is 15.9 Å². The van der Waals surface area contributed by atoms with Gasteiger partial charge in [-0.2, -0.15) is 0 Å². The summed E-state index contributed by atoms with van der Waals surface area (Å²) in [5, 5.41) is 2.67. The van der Waals surface area contributed by atoms with Crippen molar-refractivity contribution in [2.45, 2.75) is 6.42 Å². The van der Waals surface area contributed by atoms with Crippen LogP contribution in [0.4, 0.5) is 4.39 Å². The topological polar surface area (TPSA) is 54.9 Å². The summed E-state index contributed by atoms with van der Waals surface area (Å²) in [5.74, 6) is -0.670. The number of carbonyl (C=O) groups is 1. The molecule has 0 aliphatic heterocycles. The Kier molecular flexibility index (Phi) is 4.87. The fourth-order valence-corrected chi connectivity index (χ4v) is 1.95. The zero-order valence-electron chi connectivity index (χ0n) is 10.2. The highest BCUT2D eigenvalue weighted by Gasteiger charge is 2.12. The van der Waals surface area contributed by atoms with Gasteiger partial charge >= 0.3 is 0 Å². The van der Waals surface area contributed by atoms with Crippen LogP contribution in [-0.2, 0) is 6.42 Å². The first kappa shape index (κ1) is 14.7. The number of amides is 1. The standard InChI is InChI=1S/C13H10Cl2FN3O/c14-11-10(7-18-13(15)19-11)12(20)17-6-5-8-1-3-9(16)4-2-8/h1-4,7H,5-6H2,(H,17,20). The van der Waals surface area contributed by atoms with Gasteiger partial charge in [-0.3, -0.25) is 4.79 Å². The SMILES string of the molecule is O=C(NCCc1ccc(F)cc1)c1cnc(Cl)nc1Cl. The molecule has 2 aromatic rings. The normalized spacial score (nSPS) is 10.3. The smallest absolute Gasteiger partial charge is 0.256 e. The van der Waals surface area contributed by atoms with Crippen molar-refractivity contribution in [2.24, 2.45) is 0 Å². The van der Waals surface area contributed by atoms with E-state index in [9.17, 15) is 9.18 Å². The lowest BCUT2D eigenvalue weighted by molar-refractivity contribution is 0.0953. The number of nitrogens with zero attached hydrogens (tertiary/aromatic N) is 2. The van der Waals surface area contributed by atoms with E-state index >= 15 is 0 Å². The van der Waals surface area contributed by atoms with Crippen LogP contribution in [0, 0.1) is 5.82 Å². The van der Waals surface area contributed by atoms with E-state index in [1.807, 2.05) is 0 Å². The molecular weight excluding hydrogens is 304 g/mol. The monoisotopic (exact) mass is 313 g/mol. The Bertz CT molecular complexity index is 620. The van der Waals surface area contributed by atoms with Gasteiger partial charge in [-0.1, -0.05) is 23.7 Å². The number of nitrogens with one attached hydrogen (secondary N) is 1.